The molecule has 2 aliphatic rings. The predicted molar refractivity (Wildman–Crippen MR) is 131 cm³/mol. The van der Waals surface area contributed by atoms with Crippen molar-refractivity contribution in [1.82, 2.24) is 0 Å². The van der Waals surface area contributed by atoms with Crippen LogP contribution in [0.1, 0.15) is 32.8 Å². The van der Waals surface area contributed by atoms with Gasteiger partial charge in [0.15, 0.2) is 0 Å². The molecule has 36 heavy (non-hydrogen) atoms. The minimum atomic E-state index is -4.36. The van der Waals surface area contributed by atoms with Crippen molar-refractivity contribution in [3.8, 4) is 22.3 Å². The van der Waals surface area contributed by atoms with Crippen LogP contribution in [0.2, 0.25) is 0 Å². The third-order valence-corrected chi connectivity index (χ3v) is 9.46. The van der Waals surface area contributed by atoms with E-state index in [9.17, 15) is 26.3 Å². The van der Waals surface area contributed by atoms with E-state index in [1.165, 1.54) is 35.4 Å². The first-order valence-corrected chi connectivity index (χ1v) is 12.8. The lowest BCUT2D eigenvalue weighted by Crippen LogP contribution is -2.03. The van der Waals surface area contributed by atoms with Crippen molar-refractivity contribution in [3.63, 3.8) is 0 Å². The fourth-order valence-corrected chi connectivity index (χ4v) is 7.94. The number of fused-ring (bicyclic) bond motifs is 5. The van der Waals surface area contributed by atoms with Gasteiger partial charge in [0.1, 0.15) is 0 Å². The Bertz CT molecular complexity index is 1340. The van der Waals surface area contributed by atoms with Gasteiger partial charge in [0.05, 0.1) is 21.6 Å². The molecule has 0 spiro atoms. The number of rotatable bonds is 2. The minimum absolute atomic E-state index is 0.213. The molecular weight excluding hydrogens is 514 g/mol. The van der Waals surface area contributed by atoms with E-state index in [4.69, 9.17) is 0 Å². The Balaban J connectivity index is 1.24. The molecule has 8 heteroatoms. The highest BCUT2D eigenvalue weighted by Crippen LogP contribution is 2.66. The second-order valence-electron chi connectivity index (χ2n) is 8.73. The Morgan fingerprint density at radius 2 is 0.778 bits per heavy atom. The largest absolute Gasteiger partial charge is 0.416 e. The van der Waals surface area contributed by atoms with E-state index < -0.39 is 23.5 Å². The van der Waals surface area contributed by atoms with Crippen LogP contribution in [0, 0.1) is 0 Å². The molecule has 0 nitrogen and oxygen atoms in total. The van der Waals surface area contributed by atoms with Gasteiger partial charge >= 0.3 is 12.4 Å². The molecule has 0 saturated heterocycles. The molecule has 0 radical (unpaired) electrons. The first-order chi connectivity index (χ1) is 17.1. The second kappa shape index (κ2) is 8.35. The maximum atomic E-state index is 12.9. The van der Waals surface area contributed by atoms with Crippen molar-refractivity contribution >= 4 is 23.5 Å². The van der Waals surface area contributed by atoms with Crippen molar-refractivity contribution in [3.05, 3.63) is 107 Å². The molecule has 0 bridgehead atoms. The van der Waals surface area contributed by atoms with Crippen molar-refractivity contribution < 1.29 is 26.3 Å². The monoisotopic (exact) mass is 530 g/mol. The van der Waals surface area contributed by atoms with Gasteiger partial charge in [-0.25, -0.2) is 0 Å². The third kappa shape index (κ3) is 4.10. The number of thioether (sulfide) groups is 2. The van der Waals surface area contributed by atoms with Crippen molar-refractivity contribution in [2.45, 2.75) is 32.6 Å². The molecule has 182 valence electrons. The van der Waals surface area contributed by atoms with Crippen LogP contribution in [-0.4, -0.2) is 0 Å². The molecular formula is C28H16F6S2. The summed E-state index contributed by atoms with van der Waals surface area (Å²) in [5, 5.41) is 0.425. The maximum Gasteiger partial charge on any atom is 0.416 e. The normalized spacial score (nSPS) is 18.6. The first-order valence-electron chi connectivity index (χ1n) is 11.0. The molecule has 6 rings (SSSR count). The van der Waals surface area contributed by atoms with Crippen molar-refractivity contribution in [2.75, 3.05) is 0 Å². The molecule has 4 aromatic rings. The number of hydrogen-bond donors (Lipinski definition) is 0. The van der Waals surface area contributed by atoms with E-state index >= 15 is 0 Å². The van der Waals surface area contributed by atoms with E-state index in [0.29, 0.717) is 0 Å². The summed E-state index contributed by atoms with van der Waals surface area (Å²) in [6, 6.07) is 22.5. The van der Waals surface area contributed by atoms with E-state index in [1.807, 2.05) is 24.3 Å². The van der Waals surface area contributed by atoms with E-state index in [-0.39, 0.29) is 10.5 Å². The lowest BCUT2D eigenvalue weighted by molar-refractivity contribution is -0.138. The topological polar surface area (TPSA) is 0 Å². The SMILES string of the molecule is FC(F)(F)c1ccc(-c2ccc3c(c2)SC2c4ccc(-c5ccc(C(F)(F)F)cc5)cc4SC32)cc1. The molecule has 2 atom stereocenters. The maximum absolute atomic E-state index is 12.9. The summed E-state index contributed by atoms with van der Waals surface area (Å²) >= 11 is 3.49. The van der Waals surface area contributed by atoms with Gasteiger partial charge < -0.3 is 0 Å². The fourth-order valence-electron chi connectivity index (χ4n) is 4.66. The molecule has 2 aliphatic heterocycles. The van der Waals surface area contributed by atoms with Crippen molar-refractivity contribution in [1.29, 1.82) is 0 Å². The average molecular weight is 531 g/mol. The van der Waals surface area contributed by atoms with Crippen molar-refractivity contribution in [2.24, 2.45) is 0 Å². The second-order valence-corrected chi connectivity index (χ2v) is 11.1. The molecule has 0 fully saturated rings. The Morgan fingerprint density at radius 3 is 1.11 bits per heavy atom. The number of halogens is 6. The highest BCUT2D eigenvalue weighted by molar-refractivity contribution is 8.05. The van der Waals surface area contributed by atoms with Gasteiger partial charge in [-0.3, -0.25) is 0 Å². The van der Waals surface area contributed by atoms with Gasteiger partial charge in [-0.15, -0.1) is 23.5 Å². The van der Waals surface area contributed by atoms with Crippen LogP contribution < -0.4 is 0 Å². The summed E-state index contributed by atoms with van der Waals surface area (Å²) in [6.07, 6.45) is -8.72. The molecule has 4 aromatic carbocycles. The molecule has 2 unspecified atom stereocenters. The lowest BCUT2D eigenvalue weighted by atomic mass is 9.98. The molecule has 0 saturated carbocycles. The van der Waals surface area contributed by atoms with Gasteiger partial charge in [0, 0.05) is 9.79 Å². The Morgan fingerprint density at radius 1 is 0.444 bits per heavy atom. The van der Waals surface area contributed by atoms with Crippen LogP contribution >= 0.6 is 23.5 Å². The zero-order valence-electron chi connectivity index (χ0n) is 18.3. The average Bonchev–Trinajstić information content (AvgIpc) is 3.38. The zero-order chi connectivity index (χ0) is 25.2. The van der Waals surface area contributed by atoms with Crippen LogP contribution in [0.15, 0.2) is 94.7 Å². The quantitative estimate of drug-likeness (QED) is 0.237. The molecule has 0 aromatic heterocycles. The molecule has 0 N–H and O–H groups in total. The first kappa shape index (κ1) is 23.6. The summed E-state index contributed by atoms with van der Waals surface area (Å²) in [5.74, 6) is 0. The fraction of sp³-hybridized carbons (Fsp3) is 0.143. The Kier molecular flexibility index (Phi) is 5.46. The number of benzene rings is 4. The van der Waals surface area contributed by atoms with Crippen LogP contribution in [0.25, 0.3) is 22.3 Å². The highest BCUT2D eigenvalue weighted by atomic mass is 32.2. The van der Waals surface area contributed by atoms with Crippen LogP contribution in [-0.2, 0) is 12.4 Å². The third-order valence-electron chi connectivity index (χ3n) is 6.51. The summed E-state index contributed by atoms with van der Waals surface area (Å²) in [5.41, 5.74) is 4.27. The van der Waals surface area contributed by atoms with Gasteiger partial charge in [0.2, 0.25) is 0 Å². The lowest BCUT2D eigenvalue weighted by Gasteiger charge is -2.11. The minimum Gasteiger partial charge on any atom is -0.166 e. The van der Waals surface area contributed by atoms with Crippen LogP contribution in [0.5, 0.6) is 0 Å². The summed E-state index contributed by atoms with van der Waals surface area (Å²) in [7, 11) is 0. The summed E-state index contributed by atoms with van der Waals surface area (Å²) in [6.45, 7) is 0. The van der Waals surface area contributed by atoms with E-state index in [0.717, 1.165) is 56.3 Å². The van der Waals surface area contributed by atoms with Gasteiger partial charge in [-0.1, -0.05) is 48.5 Å². The van der Waals surface area contributed by atoms with E-state index in [2.05, 4.69) is 12.1 Å². The standard InChI is InChI=1S/C28H16F6S2/c29-27(30,31)19-7-1-15(2-8-19)17-5-11-21-23(13-17)35-26-22-12-6-18(14-24(22)36-25(21)26)16-3-9-20(10-4-16)28(32,33)34/h1-14,25-26H. The molecule has 0 amide bonds. The predicted octanol–water partition coefficient (Wildman–Crippen LogP) is 10.1. The van der Waals surface area contributed by atoms with Crippen LogP contribution in [0.3, 0.4) is 0 Å². The molecule has 0 aliphatic carbocycles. The highest BCUT2D eigenvalue weighted by Gasteiger charge is 2.41. The van der Waals surface area contributed by atoms with E-state index in [1.54, 1.807) is 23.5 Å². The summed E-state index contributed by atoms with van der Waals surface area (Å²) in [4.78, 5) is 2.24. The summed E-state index contributed by atoms with van der Waals surface area (Å²) < 4.78 is 77.3. The molecule has 2 heterocycles. The smallest absolute Gasteiger partial charge is 0.166 e. The Hall–Kier alpha value is -2.84. The van der Waals surface area contributed by atoms with Crippen LogP contribution in [0.4, 0.5) is 26.3 Å². The van der Waals surface area contributed by atoms with Gasteiger partial charge in [-0.05, 0) is 69.8 Å². The zero-order valence-corrected chi connectivity index (χ0v) is 20.0. The number of alkyl halides is 6. The number of hydrogen-bond acceptors (Lipinski definition) is 2. The Labute approximate surface area is 211 Å². The van der Waals surface area contributed by atoms with Gasteiger partial charge in [-0.2, -0.15) is 26.3 Å². The van der Waals surface area contributed by atoms with Gasteiger partial charge in [0.25, 0.3) is 0 Å².